The fourth-order valence-corrected chi connectivity index (χ4v) is 4.64. The van der Waals surface area contributed by atoms with Crippen LogP contribution >= 0.6 is 0 Å². The van der Waals surface area contributed by atoms with Gasteiger partial charge in [0.15, 0.2) is 0 Å². The summed E-state index contributed by atoms with van der Waals surface area (Å²) >= 11 is 0. The molecule has 0 N–H and O–H groups in total. The Labute approximate surface area is 115 Å². The van der Waals surface area contributed by atoms with Gasteiger partial charge in [0.1, 0.15) is 0 Å². The minimum Gasteiger partial charge on any atom is -0.372 e. The SMILES string of the molecule is C1=C[C@H]2C(OCc3ccccc3)[C@@H]1[C@H]1CCCC[C@H]12. The van der Waals surface area contributed by atoms with Crippen LogP contribution in [-0.4, -0.2) is 6.10 Å². The molecule has 1 aromatic rings. The van der Waals surface area contributed by atoms with E-state index in [1.807, 2.05) is 0 Å². The zero-order valence-electron chi connectivity index (χ0n) is 11.4. The lowest BCUT2D eigenvalue weighted by molar-refractivity contribution is 0.0110. The van der Waals surface area contributed by atoms with E-state index in [0.717, 1.165) is 18.4 Å². The van der Waals surface area contributed by atoms with E-state index in [0.29, 0.717) is 17.9 Å². The van der Waals surface area contributed by atoms with Gasteiger partial charge in [-0.1, -0.05) is 55.3 Å². The van der Waals surface area contributed by atoms with Crippen molar-refractivity contribution in [1.82, 2.24) is 0 Å². The lowest BCUT2D eigenvalue weighted by Gasteiger charge is -2.31. The van der Waals surface area contributed by atoms with Gasteiger partial charge >= 0.3 is 0 Å². The molecule has 3 aliphatic rings. The van der Waals surface area contributed by atoms with E-state index in [4.69, 9.17) is 4.74 Å². The molecule has 4 rings (SSSR count). The fraction of sp³-hybridized carbons (Fsp3) is 0.556. The van der Waals surface area contributed by atoms with Gasteiger partial charge in [-0.15, -0.1) is 0 Å². The van der Waals surface area contributed by atoms with Crippen molar-refractivity contribution in [3.63, 3.8) is 0 Å². The van der Waals surface area contributed by atoms with E-state index in [1.54, 1.807) is 0 Å². The molecule has 5 atom stereocenters. The number of fused-ring (bicyclic) bond motifs is 5. The summed E-state index contributed by atoms with van der Waals surface area (Å²) in [7, 11) is 0. The Hall–Kier alpha value is -1.08. The molecule has 2 fully saturated rings. The summed E-state index contributed by atoms with van der Waals surface area (Å²) < 4.78 is 6.31. The van der Waals surface area contributed by atoms with E-state index in [2.05, 4.69) is 42.5 Å². The van der Waals surface area contributed by atoms with Crippen molar-refractivity contribution < 1.29 is 4.74 Å². The van der Waals surface area contributed by atoms with E-state index in [-0.39, 0.29) is 0 Å². The summed E-state index contributed by atoms with van der Waals surface area (Å²) in [6, 6.07) is 10.6. The maximum Gasteiger partial charge on any atom is 0.0721 e. The Bertz CT molecular complexity index is 442. The molecule has 0 aromatic heterocycles. The minimum atomic E-state index is 0.466. The first kappa shape index (κ1) is 11.7. The van der Waals surface area contributed by atoms with E-state index < -0.39 is 0 Å². The maximum atomic E-state index is 6.31. The summed E-state index contributed by atoms with van der Waals surface area (Å²) in [5.74, 6) is 3.26. The highest BCUT2D eigenvalue weighted by Crippen LogP contribution is 2.55. The molecule has 1 nitrogen and oxygen atoms in total. The van der Waals surface area contributed by atoms with Crippen LogP contribution in [0.4, 0.5) is 0 Å². The number of rotatable bonds is 3. The highest BCUT2D eigenvalue weighted by atomic mass is 16.5. The van der Waals surface area contributed by atoms with Crippen LogP contribution in [0.15, 0.2) is 42.5 Å². The van der Waals surface area contributed by atoms with Crippen LogP contribution in [0, 0.1) is 23.7 Å². The lowest BCUT2D eigenvalue weighted by atomic mass is 9.73. The Morgan fingerprint density at radius 2 is 1.53 bits per heavy atom. The van der Waals surface area contributed by atoms with Gasteiger partial charge in [-0.2, -0.15) is 0 Å². The Morgan fingerprint density at radius 1 is 0.895 bits per heavy atom. The number of hydrogen-bond donors (Lipinski definition) is 0. The third-order valence-electron chi connectivity index (χ3n) is 5.46. The number of ether oxygens (including phenoxy) is 1. The average Bonchev–Trinajstić information content (AvgIpc) is 3.02. The molecule has 0 saturated heterocycles. The van der Waals surface area contributed by atoms with Gasteiger partial charge in [0.05, 0.1) is 12.7 Å². The second-order valence-corrected chi connectivity index (χ2v) is 6.41. The van der Waals surface area contributed by atoms with Crippen LogP contribution in [0.1, 0.15) is 31.2 Å². The molecule has 0 spiro atoms. The van der Waals surface area contributed by atoms with Gasteiger partial charge in [0.2, 0.25) is 0 Å². The van der Waals surface area contributed by atoms with Gasteiger partial charge in [-0.3, -0.25) is 0 Å². The summed E-state index contributed by atoms with van der Waals surface area (Å²) in [5.41, 5.74) is 1.30. The Kier molecular flexibility index (Phi) is 2.96. The van der Waals surface area contributed by atoms with Crippen LogP contribution in [0.25, 0.3) is 0 Å². The molecule has 19 heavy (non-hydrogen) atoms. The number of hydrogen-bond acceptors (Lipinski definition) is 1. The van der Waals surface area contributed by atoms with Crippen LogP contribution in [0.3, 0.4) is 0 Å². The molecule has 3 aliphatic carbocycles. The zero-order valence-corrected chi connectivity index (χ0v) is 11.4. The predicted molar refractivity (Wildman–Crippen MR) is 76.6 cm³/mol. The maximum absolute atomic E-state index is 6.31. The molecule has 1 unspecified atom stereocenters. The first-order valence-electron chi connectivity index (χ1n) is 7.77. The predicted octanol–water partition coefficient (Wildman–Crippen LogP) is 4.19. The zero-order chi connectivity index (χ0) is 12.7. The monoisotopic (exact) mass is 254 g/mol. The van der Waals surface area contributed by atoms with Crippen LogP contribution in [0.5, 0.6) is 0 Å². The summed E-state index contributed by atoms with van der Waals surface area (Å²) in [6.45, 7) is 0.777. The molecule has 0 radical (unpaired) electrons. The first-order chi connectivity index (χ1) is 9.43. The molecular weight excluding hydrogens is 232 g/mol. The third kappa shape index (κ3) is 1.95. The molecule has 0 amide bonds. The quantitative estimate of drug-likeness (QED) is 0.735. The van der Waals surface area contributed by atoms with Gasteiger partial charge in [0, 0.05) is 11.8 Å². The third-order valence-corrected chi connectivity index (χ3v) is 5.46. The van der Waals surface area contributed by atoms with Crippen molar-refractivity contribution in [2.45, 2.75) is 38.4 Å². The smallest absolute Gasteiger partial charge is 0.0721 e. The van der Waals surface area contributed by atoms with Crippen molar-refractivity contribution >= 4 is 0 Å². The first-order valence-corrected chi connectivity index (χ1v) is 7.77. The Morgan fingerprint density at radius 3 is 2.16 bits per heavy atom. The Balaban J connectivity index is 1.46. The lowest BCUT2D eigenvalue weighted by Crippen LogP contribution is -2.22. The summed E-state index contributed by atoms with van der Waals surface area (Å²) in [5, 5.41) is 0. The normalized spacial score (nSPS) is 39.5. The molecular formula is C18H22O. The highest BCUT2D eigenvalue weighted by molar-refractivity contribution is 5.20. The largest absolute Gasteiger partial charge is 0.372 e. The summed E-state index contributed by atoms with van der Waals surface area (Å²) in [6.07, 6.45) is 11.1. The van der Waals surface area contributed by atoms with Crippen molar-refractivity contribution in [2.24, 2.45) is 23.7 Å². The van der Waals surface area contributed by atoms with Crippen molar-refractivity contribution in [2.75, 3.05) is 0 Å². The van der Waals surface area contributed by atoms with E-state index in [1.165, 1.54) is 31.2 Å². The standard InChI is InChI=1S/C18H22O/c1-2-6-13(7-3-1)12-19-18-16-10-11-17(18)15-9-5-4-8-14(15)16/h1-3,6-7,10-11,14-18H,4-5,8-9,12H2/t14-,15+,16-,17+,18?. The molecule has 1 heteroatoms. The molecule has 2 saturated carbocycles. The molecule has 0 aliphatic heterocycles. The molecule has 1 aromatic carbocycles. The molecule has 0 heterocycles. The molecule has 100 valence electrons. The van der Waals surface area contributed by atoms with Gasteiger partial charge in [-0.05, 0) is 30.2 Å². The van der Waals surface area contributed by atoms with Gasteiger partial charge in [-0.25, -0.2) is 0 Å². The molecule has 2 bridgehead atoms. The fourth-order valence-electron chi connectivity index (χ4n) is 4.64. The van der Waals surface area contributed by atoms with Crippen LogP contribution in [0.2, 0.25) is 0 Å². The van der Waals surface area contributed by atoms with E-state index >= 15 is 0 Å². The minimum absolute atomic E-state index is 0.466. The van der Waals surface area contributed by atoms with Gasteiger partial charge in [0.25, 0.3) is 0 Å². The van der Waals surface area contributed by atoms with Crippen molar-refractivity contribution in [3.05, 3.63) is 48.0 Å². The second kappa shape index (κ2) is 4.79. The van der Waals surface area contributed by atoms with Crippen molar-refractivity contribution in [3.8, 4) is 0 Å². The van der Waals surface area contributed by atoms with Crippen LogP contribution in [-0.2, 0) is 11.3 Å². The van der Waals surface area contributed by atoms with E-state index in [9.17, 15) is 0 Å². The average molecular weight is 254 g/mol. The van der Waals surface area contributed by atoms with Crippen molar-refractivity contribution in [1.29, 1.82) is 0 Å². The van der Waals surface area contributed by atoms with Crippen LogP contribution < -0.4 is 0 Å². The topological polar surface area (TPSA) is 9.23 Å². The highest BCUT2D eigenvalue weighted by Gasteiger charge is 2.52. The summed E-state index contributed by atoms with van der Waals surface area (Å²) in [4.78, 5) is 0. The second-order valence-electron chi connectivity index (χ2n) is 6.41. The van der Waals surface area contributed by atoms with Gasteiger partial charge < -0.3 is 4.74 Å². The number of benzene rings is 1.